The SMILES string of the molecule is COCc1ccc(F)c(CON)c1F. The Bertz CT molecular complexity index is 318. The van der Waals surface area contributed by atoms with Crippen LogP contribution >= 0.6 is 0 Å². The summed E-state index contributed by atoms with van der Waals surface area (Å²) in [6, 6.07) is 2.49. The lowest BCUT2D eigenvalue weighted by Crippen LogP contribution is -2.06. The first-order valence-electron chi connectivity index (χ1n) is 3.97. The highest BCUT2D eigenvalue weighted by atomic mass is 19.1. The minimum Gasteiger partial charge on any atom is -0.380 e. The molecule has 1 aromatic carbocycles. The Kier molecular flexibility index (Phi) is 3.94. The molecule has 1 rings (SSSR count). The molecule has 3 nitrogen and oxygen atoms in total. The van der Waals surface area contributed by atoms with Gasteiger partial charge in [-0.05, 0) is 6.07 Å². The van der Waals surface area contributed by atoms with Crippen LogP contribution in [0, 0.1) is 11.6 Å². The zero-order valence-corrected chi connectivity index (χ0v) is 7.72. The summed E-state index contributed by atoms with van der Waals surface area (Å²) < 4.78 is 31.2. The van der Waals surface area contributed by atoms with Gasteiger partial charge < -0.3 is 4.74 Å². The number of hydrogen-bond acceptors (Lipinski definition) is 3. The van der Waals surface area contributed by atoms with Gasteiger partial charge in [0.25, 0.3) is 0 Å². The Morgan fingerprint density at radius 2 is 2.00 bits per heavy atom. The summed E-state index contributed by atoms with van der Waals surface area (Å²) >= 11 is 0. The van der Waals surface area contributed by atoms with Crippen molar-refractivity contribution >= 4 is 0 Å². The highest BCUT2D eigenvalue weighted by molar-refractivity contribution is 5.26. The third kappa shape index (κ3) is 2.25. The molecule has 1 aromatic rings. The number of benzene rings is 1. The number of ether oxygens (including phenoxy) is 1. The van der Waals surface area contributed by atoms with Gasteiger partial charge >= 0.3 is 0 Å². The summed E-state index contributed by atoms with van der Waals surface area (Å²) in [5.74, 6) is 3.42. The minimum absolute atomic E-state index is 0.0870. The van der Waals surface area contributed by atoms with E-state index in [0.717, 1.165) is 6.07 Å². The predicted molar refractivity (Wildman–Crippen MR) is 46.0 cm³/mol. The Balaban J connectivity index is 3.05. The lowest BCUT2D eigenvalue weighted by Gasteiger charge is -2.07. The lowest BCUT2D eigenvalue weighted by atomic mass is 10.1. The highest BCUT2D eigenvalue weighted by Crippen LogP contribution is 2.18. The van der Waals surface area contributed by atoms with Gasteiger partial charge in [0, 0.05) is 12.7 Å². The van der Waals surface area contributed by atoms with E-state index in [-0.39, 0.29) is 24.3 Å². The van der Waals surface area contributed by atoms with Gasteiger partial charge in [-0.2, -0.15) is 0 Å². The minimum atomic E-state index is -0.673. The molecule has 0 bridgehead atoms. The van der Waals surface area contributed by atoms with E-state index in [0.29, 0.717) is 0 Å². The van der Waals surface area contributed by atoms with Crippen molar-refractivity contribution in [1.29, 1.82) is 0 Å². The normalized spacial score (nSPS) is 10.6. The molecule has 0 heterocycles. The maximum atomic E-state index is 13.5. The van der Waals surface area contributed by atoms with Crippen molar-refractivity contribution in [2.75, 3.05) is 7.11 Å². The van der Waals surface area contributed by atoms with Gasteiger partial charge in [-0.3, -0.25) is 4.84 Å². The molecule has 0 fully saturated rings. The van der Waals surface area contributed by atoms with Crippen LogP contribution in [0.1, 0.15) is 11.1 Å². The predicted octanol–water partition coefficient (Wildman–Crippen LogP) is 1.50. The van der Waals surface area contributed by atoms with Crippen LogP contribution in [0.2, 0.25) is 0 Å². The van der Waals surface area contributed by atoms with Crippen molar-refractivity contribution in [3.8, 4) is 0 Å². The van der Waals surface area contributed by atoms with E-state index in [1.807, 2.05) is 0 Å². The van der Waals surface area contributed by atoms with Crippen LogP contribution in [0.5, 0.6) is 0 Å². The first-order valence-corrected chi connectivity index (χ1v) is 3.97. The molecule has 0 aliphatic heterocycles. The van der Waals surface area contributed by atoms with Crippen LogP contribution < -0.4 is 5.90 Å². The highest BCUT2D eigenvalue weighted by Gasteiger charge is 2.13. The van der Waals surface area contributed by atoms with Gasteiger partial charge in [0.15, 0.2) is 0 Å². The second-order valence-corrected chi connectivity index (χ2v) is 2.74. The summed E-state index contributed by atoms with van der Waals surface area (Å²) in [6.45, 7) is -0.209. The van der Waals surface area contributed by atoms with Gasteiger partial charge in [0.2, 0.25) is 0 Å². The fourth-order valence-electron chi connectivity index (χ4n) is 1.13. The number of hydrogen-bond donors (Lipinski definition) is 1. The van der Waals surface area contributed by atoms with Crippen molar-refractivity contribution < 1.29 is 18.4 Å². The van der Waals surface area contributed by atoms with Crippen LogP contribution in [0.3, 0.4) is 0 Å². The number of methoxy groups -OCH3 is 1. The van der Waals surface area contributed by atoms with E-state index in [1.165, 1.54) is 13.2 Å². The van der Waals surface area contributed by atoms with E-state index >= 15 is 0 Å². The van der Waals surface area contributed by atoms with E-state index in [4.69, 9.17) is 10.6 Å². The summed E-state index contributed by atoms with van der Waals surface area (Å²) in [4.78, 5) is 4.20. The molecule has 5 heteroatoms. The molecule has 0 saturated carbocycles. The molecule has 0 amide bonds. The third-order valence-corrected chi connectivity index (χ3v) is 1.79. The number of rotatable bonds is 4. The maximum Gasteiger partial charge on any atom is 0.137 e. The van der Waals surface area contributed by atoms with E-state index in [2.05, 4.69) is 4.84 Å². The molecule has 0 spiro atoms. The van der Waals surface area contributed by atoms with E-state index in [1.54, 1.807) is 0 Å². The first kappa shape index (κ1) is 11.0. The van der Waals surface area contributed by atoms with Gasteiger partial charge in [0.05, 0.1) is 18.8 Å². The first-order chi connectivity index (χ1) is 6.70. The van der Waals surface area contributed by atoms with Crippen LogP contribution in [-0.2, 0) is 22.8 Å². The van der Waals surface area contributed by atoms with Crippen LogP contribution in [0.15, 0.2) is 12.1 Å². The largest absolute Gasteiger partial charge is 0.380 e. The topological polar surface area (TPSA) is 44.5 Å². The molecular weight excluding hydrogens is 192 g/mol. The van der Waals surface area contributed by atoms with Gasteiger partial charge in [0.1, 0.15) is 11.6 Å². The molecule has 78 valence electrons. The molecule has 0 atom stereocenters. The molecular formula is C9H11F2NO2. The lowest BCUT2D eigenvalue weighted by molar-refractivity contribution is 0.118. The Hall–Kier alpha value is -1.04. The van der Waals surface area contributed by atoms with Crippen LogP contribution in [0.4, 0.5) is 8.78 Å². The van der Waals surface area contributed by atoms with Crippen LogP contribution in [0.25, 0.3) is 0 Å². The Morgan fingerprint density at radius 1 is 1.29 bits per heavy atom. The molecule has 0 unspecified atom stereocenters. The van der Waals surface area contributed by atoms with Gasteiger partial charge in [-0.25, -0.2) is 14.7 Å². The number of nitrogens with two attached hydrogens (primary N) is 1. The second-order valence-electron chi connectivity index (χ2n) is 2.74. The molecule has 0 aliphatic carbocycles. The standard InChI is InChI=1S/C9H11F2NO2/c1-13-4-6-2-3-8(10)7(5-14-12)9(6)11/h2-3H,4-5,12H2,1H3. The zero-order chi connectivity index (χ0) is 10.6. The Morgan fingerprint density at radius 3 is 2.57 bits per heavy atom. The molecule has 2 N–H and O–H groups in total. The summed E-state index contributed by atoms with van der Waals surface area (Å²) in [6.07, 6.45) is 0. The number of halogens is 2. The summed E-state index contributed by atoms with van der Waals surface area (Å²) in [7, 11) is 1.43. The molecule has 0 radical (unpaired) electrons. The average Bonchev–Trinajstić information content (AvgIpc) is 2.17. The average molecular weight is 203 g/mol. The van der Waals surface area contributed by atoms with Crippen molar-refractivity contribution in [1.82, 2.24) is 0 Å². The second kappa shape index (κ2) is 4.99. The fraction of sp³-hybridized carbons (Fsp3) is 0.333. The van der Waals surface area contributed by atoms with E-state index < -0.39 is 11.6 Å². The smallest absolute Gasteiger partial charge is 0.137 e. The zero-order valence-electron chi connectivity index (χ0n) is 7.72. The van der Waals surface area contributed by atoms with Gasteiger partial charge in [-0.1, -0.05) is 6.07 Å². The fourth-order valence-corrected chi connectivity index (χ4v) is 1.13. The van der Waals surface area contributed by atoms with Crippen molar-refractivity contribution in [2.24, 2.45) is 5.90 Å². The van der Waals surface area contributed by atoms with Crippen LogP contribution in [-0.4, -0.2) is 7.11 Å². The van der Waals surface area contributed by atoms with E-state index in [9.17, 15) is 8.78 Å². The molecule has 0 aliphatic rings. The van der Waals surface area contributed by atoms with Gasteiger partial charge in [-0.15, -0.1) is 0 Å². The van der Waals surface area contributed by atoms with Crippen molar-refractivity contribution in [3.05, 3.63) is 34.9 Å². The molecule has 0 aromatic heterocycles. The molecule has 0 saturated heterocycles. The summed E-state index contributed by atoms with van der Waals surface area (Å²) in [5, 5.41) is 0. The monoisotopic (exact) mass is 203 g/mol. The third-order valence-electron chi connectivity index (χ3n) is 1.79. The quantitative estimate of drug-likeness (QED) is 0.754. The maximum absolute atomic E-state index is 13.5. The van der Waals surface area contributed by atoms with Crippen molar-refractivity contribution in [2.45, 2.75) is 13.2 Å². The van der Waals surface area contributed by atoms with Crippen molar-refractivity contribution in [3.63, 3.8) is 0 Å². The Labute approximate surface area is 80.4 Å². The molecule has 14 heavy (non-hydrogen) atoms. The summed E-state index contributed by atoms with van der Waals surface area (Å²) in [5.41, 5.74) is 0.100.